The van der Waals surface area contributed by atoms with Crippen LogP contribution in [0, 0.1) is 11.9 Å². The van der Waals surface area contributed by atoms with Gasteiger partial charge in [0.2, 0.25) is 5.95 Å². The molecule has 0 amide bonds. The van der Waals surface area contributed by atoms with E-state index in [9.17, 15) is 4.39 Å². The number of hydrogen-bond acceptors (Lipinski definition) is 4. The third-order valence-corrected chi connectivity index (χ3v) is 5.71. The third-order valence-electron chi connectivity index (χ3n) is 5.71. The molecule has 0 aliphatic carbocycles. The van der Waals surface area contributed by atoms with Crippen molar-refractivity contribution < 1.29 is 4.39 Å². The minimum atomic E-state index is -0.463. The summed E-state index contributed by atoms with van der Waals surface area (Å²) < 4.78 is 15.0. The number of aromatic nitrogens is 4. The predicted octanol–water partition coefficient (Wildman–Crippen LogP) is 3.41. The number of nitrogens with zero attached hydrogens (tertiary/aromatic N) is 5. The molecule has 0 N–H and O–H groups in total. The lowest BCUT2D eigenvalue weighted by Gasteiger charge is -2.44. The highest BCUT2D eigenvalue weighted by atomic mass is 19.1. The van der Waals surface area contributed by atoms with Gasteiger partial charge in [0.15, 0.2) is 0 Å². The molecular weight excluding hydrogens is 329 g/mol. The summed E-state index contributed by atoms with van der Waals surface area (Å²) >= 11 is 0. The quantitative estimate of drug-likeness (QED) is 0.680. The van der Waals surface area contributed by atoms with E-state index in [2.05, 4.69) is 31.1 Å². The molecule has 26 heavy (non-hydrogen) atoms. The minimum Gasteiger partial charge on any atom is -0.301 e. The fourth-order valence-electron chi connectivity index (χ4n) is 4.18. The number of rotatable bonds is 3. The summed E-state index contributed by atoms with van der Waals surface area (Å²) in [5.74, 6) is 0.262. The minimum absolute atomic E-state index is 0.448. The molecule has 6 heteroatoms. The Balaban J connectivity index is 1.37. The largest absolute Gasteiger partial charge is 0.301 e. The van der Waals surface area contributed by atoms with Crippen molar-refractivity contribution in [2.24, 2.45) is 5.92 Å². The molecule has 0 radical (unpaired) electrons. The maximum atomic E-state index is 13.0. The van der Waals surface area contributed by atoms with Crippen LogP contribution >= 0.6 is 0 Å². The molecule has 0 saturated carbocycles. The highest BCUT2D eigenvalue weighted by Gasteiger charge is 2.35. The second-order valence-corrected chi connectivity index (χ2v) is 7.24. The Hall–Kier alpha value is -2.60. The topological polar surface area (TPSA) is 46.8 Å². The van der Waals surface area contributed by atoms with Gasteiger partial charge in [-0.05, 0) is 49.5 Å². The molecule has 3 aromatic rings. The number of halogens is 1. The molecule has 1 aromatic carbocycles. The Morgan fingerprint density at radius 1 is 0.923 bits per heavy atom. The molecule has 3 aliphatic rings. The summed E-state index contributed by atoms with van der Waals surface area (Å²) in [5, 5.41) is 8.81. The van der Waals surface area contributed by atoms with Crippen molar-refractivity contribution in [2.45, 2.75) is 18.9 Å². The summed E-state index contributed by atoms with van der Waals surface area (Å²) in [5.41, 5.74) is 3.83. The van der Waals surface area contributed by atoms with Gasteiger partial charge in [-0.3, -0.25) is 0 Å². The molecule has 3 aliphatic heterocycles. The van der Waals surface area contributed by atoms with Crippen LogP contribution in [-0.2, 0) is 0 Å². The van der Waals surface area contributed by atoms with E-state index in [4.69, 9.17) is 0 Å². The maximum Gasteiger partial charge on any atom is 0.212 e. The molecular formula is C20H20FN5. The Bertz CT molecular complexity index is 895. The molecule has 0 spiro atoms. The fourth-order valence-corrected chi connectivity index (χ4v) is 4.18. The van der Waals surface area contributed by atoms with Crippen molar-refractivity contribution in [1.29, 1.82) is 0 Å². The predicted molar refractivity (Wildman–Crippen MR) is 96.8 cm³/mol. The van der Waals surface area contributed by atoms with Gasteiger partial charge in [-0.15, -0.1) is 5.10 Å². The summed E-state index contributed by atoms with van der Waals surface area (Å²) in [4.78, 5) is 6.24. The summed E-state index contributed by atoms with van der Waals surface area (Å²) in [6.07, 6.45) is 6.15. The van der Waals surface area contributed by atoms with E-state index in [0.717, 1.165) is 34.8 Å². The Morgan fingerprint density at radius 3 is 2.31 bits per heavy atom. The SMILES string of the molecule is Fc1ccc(-c2ccc(-c3cn([C@H]4CN5CCC4CC5)nn3)cc2)cn1. The highest BCUT2D eigenvalue weighted by molar-refractivity contribution is 5.67. The van der Waals surface area contributed by atoms with Crippen molar-refractivity contribution >= 4 is 0 Å². The van der Waals surface area contributed by atoms with Crippen molar-refractivity contribution in [1.82, 2.24) is 24.9 Å². The van der Waals surface area contributed by atoms with Crippen LogP contribution in [-0.4, -0.2) is 44.5 Å². The van der Waals surface area contributed by atoms with Gasteiger partial charge >= 0.3 is 0 Å². The number of fused-ring (bicyclic) bond motifs is 3. The number of pyridine rings is 1. The average Bonchev–Trinajstić information content (AvgIpc) is 3.20. The van der Waals surface area contributed by atoms with Crippen LogP contribution in [0.5, 0.6) is 0 Å². The van der Waals surface area contributed by atoms with E-state index in [0.29, 0.717) is 6.04 Å². The van der Waals surface area contributed by atoms with Crippen molar-refractivity contribution in [3.8, 4) is 22.4 Å². The summed E-state index contributed by atoms with van der Waals surface area (Å²) in [6, 6.07) is 11.6. The number of benzene rings is 1. The molecule has 5 heterocycles. The monoisotopic (exact) mass is 349 g/mol. The Morgan fingerprint density at radius 2 is 1.65 bits per heavy atom. The smallest absolute Gasteiger partial charge is 0.212 e. The molecule has 5 nitrogen and oxygen atoms in total. The van der Waals surface area contributed by atoms with Gasteiger partial charge in [0.05, 0.1) is 12.2 Å². The van der Waals surface area contributed by atoms with Crippen LogP contribution < -0.4 is 0 Å². The second-order valence-electron chi connectivity index (χ2n) is 7.24. The van der Waals surface area contributed by atoms with E-state index in [1.54, 1.807) is 12.3 Å². The number of hydrogen-bond donors (Lipinski definition) is 0. The molecule has 1 atom stereocenters. The van der Waals surface area contributed by atoms with Crippen LogP contribution in [0.4, 0.5) is 4.39 Å². The third kappa shape index (κ3) is 2.80. The number of piperidine rings is 3. The van der Waals surface area contributed by atoms with E-state index in [-0.39, 0.29) is 0 Å². The van der Waals surface area contributed by atoms with E-state index >= 15 is 0 Å². The van der Waals surface area contributed by atoms with Gasteiger partial charge in [-0.25, -0.2) is 9.67 Å². The zero-order valence-corrected chi connectivity index (χ0v) is 14.4. The molecule has 0 unspecified atom stereocenters. The van der Waals surface area contributed by atoms with Gasteiger partial charge in [0.25, 0.3) is 0 Å². The molecule has 6 rings (SSSR count). The van der Waals surface area contributed by atoms with Crippen molar-refractivity contribution in [3.05, 3.63) is 54.7 Å². The highest BCUT2D eigenvalue weighted by Crippen LogP contribution is 2.35. The van der Waals surface area contributed by atoms with Crippen LogP contribution in [0.1, 0.15) is 18.9 Å². The van der Waals surface area contributed by atoms with Crippen molar-refractivity contribution in [2.75, 3.05) is 19.6 Å². The lowest BCUT2D eigenvalue weighted by Crippen LogP contribution is -2.48. The van der Waals surface area contributed by atoms with Gasteiger partial charge in [-0.1, -0.05) is 29.5 Å². The van der Waals surface area contributed by atoms with Gasteiger partial charge in [0, 0.05) is 23.9 Å². The molecule has 2 aromatic heterocycles. The van der Waals surface area contributed by atoms with Crippen molar-refractivity contribution in [3.63, 3.8) is 0 Å². The maximum absolute atomic E-state index is 13.0. The fraction of sp³-hybridized carbons (Fsp3) is 0.350. The average molecular weight is 349 g/mol. The summed E-state index contributed by atoms with van der Waals surface area (Å²) in [6.45, 7) is 3.54. The standard InChI is InChI=1S/C20H20FN5/c21-20-6-5-17(11-22-20)14-1-3-15(4-2-14)18-12-26(24-23-18)19-13-25-9-7-16(19)8-10-25/h1-6,11-12,16,19H,7-10,13H2/t19-/m0/s1. The molecule has 3 saturated heterocycles. The van der Waals surface area contributed by atoms with Crippen LogP contribution in [0.2, 0.25) is 0 Å². The lowest BCUT2D eigenvalue weighted by atomic mass is 9.84. The Labute approximate surface area is 151 Å². The molecule has 2 bridgehead atoms. The van der Waals surface area contributed by atoms with Gasteiger partial charge in [0.1, 0.15) is 5.69 Å². The first-order chi connectivity index (χ1) is 12.8. The van der Waals surface area contributed by atoms with Gasteiger partial charge < -0.3 is 4.90 Å². The summed E-state index contributed by atoms with van der Waals surface area (Å²) in [7, 11) is 0. The molecule has 3 fully saturated rings. The normalized spacial score (nSPS) is 24.7. The first kappa shape index (κ1) is 15.6. The van der Waals surface area contributed by atoms with Crippen LogP contribution in [0.15, 0.2) is 48.8 Å². The van der Waals surface area contributed by atoms with E-state index < -0.39 is 5.95 Å². The lowest BCUT2D eigenvalue weighted by molar-refractivity contribution is 0.0504. The first-order valence-corrected chi connectivity index (χ1v) is 9.13. The van der Waals surface area contributed by atoms with Crippen LogP contribution in [0.3, 0.4) is 0 Å². The zero-order chi connectivity index (χ0) is 17.5. The molecule has 132 valence electrons. The van der Waals surface area contributed by atoms with Gasteiger partial charge in [-0.2, -0.15) is 4.39 Å². The first-order valence-electron chi connectivity index (χ1n) is 9.13. The van der Waals surface area contributed by atoms with E-state index in [1.807, 2.05) is 24.3 Å². The van der Waals surface area contributed by atoms with Crippen LogP contribution in [0.25, 0.3) is 22.4 Å². The van der Waals surface area contributed by atoms with E-state index in [1.165, 1.54) is 32.0 Å². The second kappa shape index (κ2) is 6.29. The zero-order valence-electron chi connectivity index (χ0n) is 14.4. The Kier molecular flexibility index (Phi) is 3.78.